The largest absolute Gasteiger partial charge is 0.462 e. The quantitative estimate of drug-likeness (QED) is 0.512. The second-order valence-corrected chi connectivity index (χ2v) is 0.765. The van der Waals surface area contributed by atoms with Gasteiger partial charge in [-0.3, -0.25) is 0 Å². The smallest absolute Gasteiger partial charge is 0.450 e. The second kappa shape index (κ2) is 4.98. The zero-order valence-corrected chi connectivity index (χ0v) is 4.83. The lowest BCUT2D eigenvalue weighted by atomic mass is 11.2. The van der Waals surface area contributed by atoms with Gasteiger partial charge in [0, 0.05) is 0 Å². The van der Waals surface area contributed by atoms with E-state index in [9.17, 15) is 9.59 Å². The summed E-state index contributed by atoms with van der Waals surface area (Å²) in [5, 5.41) is 19.8. The van der Waals surface area contributed by atoms with Gasteiger partial charge >= 0.3 is 12.2 Å². The van der Waals surface area contributed by atoms with Gasteiger partial charge in [-0.15, -0.1) is 12.4 Å². The Morgan fingerprint density at radius 3 is 1.33 bits per heavy atom. The summed E-state index contributed by atoms with van der Waals surface area (Å²) in [5.41, 5.74) is 0. The Kier molecular flexibility index (Phi) is 5.94. The number of hydrogen-bond acceptors (Lipinski definition) is 2. The fourth-order valence-electron chi connectivity index (χ4n) is 0.0855. The number of carbonyl (C=O) groups is 2. The van der Waals surface area contributed by atoms with Crippen LogP contribution >= 0.6 is 12.4 Å². The van der Waals surface area contributed by atoms with Gasteiger partial charge in [-0.05, 0) is 0 Å². The molecule has 0 aromatic rings. The predicted octanol–water partition coefficient (Wildman–Crippen LogP) is 1.22. The Hall–Kier alpha value is -1.17. The first kappa shape index (κ1) is 10.7. The molecule has 0 bridgehead atoms. The third-order valence-electron chi connectivity index (χ3n) is 0.221. The molecular formula is C2H3ClN2O4. The van der Waals surface area contributed by atoms with Crippen LogP contribution in [0.15, 0.2) is 10.2 Å². The first-order chi connectivity index (χ1) is 3.63. The highest BCUT2D eigenvalue weighted by Gasteiger charge is 1.91. The van der Waals surface area contributed by atoms with E-state index in [0.29, 0.717) is 0 Å². The molecule has 0 heterocycles. The normalized spacial score (nSPS) is 8.44. The molecule has 0 aliphatic rings. The zero-order valence-electron chi connectivity index (χ0n) is 4.01. The maximum Gasteiger partial charge on any atom is 0.450 e. The van der Waals surface area contributed by atoms with Gasteiger partial charge in [0.2, 0.25) is 0 Å². The summed E-state index contributed by atoms with van der Waals surface area (Å²) < 4.78 is 0. The number of rotatable bonds is 0. The molecule has 9 heavy (non-hydrogen) atoms. The molecule has 0 aliphatic carbocycles. The van der Waals surface area contributed by atoms with E-state index in [1.807, 2.05) is 0 Å². The van der Waals surface area contributed by atoms with Crippen molar-refractivity contribution in [2.24, 2.45) is 10.2 Å². The van der Waals surface area contributed by atoms with Gasteiger partial charge in [-0.25, -0.2) is 9.59 Å². The summed E-state index contributed by atoms with van der Waals surface area (Å²) >= 11 is 0. The summed E-state index contributed by atoms with van der Waals surface area (Å²) in [6, 6.07) is 0. The Morgan fingerprint density at radius 2 is 1.22 bits per heavy atom. The van der Waals surface area contributed by atoms with Crippen molar-refractivity contribution in [3.05, 3.63) is 0 Å². The molecule has 0 aromatic carbocycles. The minimum Gasteiger partial charge on any atom is -0.462 e. The van der Waals surface area contributed by atoms with Gasteiger partial charge in [-0.1, -0.05) is 10.2 Å². The Bertz CT molecular complexity index is 128. The maximum atomic E-state index is 9.38. The van der Waals surface area contributed by atoms with Gasteiger partial charge in [0.1, 0.15) is 0 Å². The second-order valence-electron chi connectivity index (χ2n) is 0.765. The predicted molar refractivity (Wildman–Crippen MR) is 28.2 cm³/mol. The van der Waals surface area contributed by atoms with E-state index in [4.69, 9.17) is 10.2 Å². The van der Waals surface area contributed by atoms with E-state index in [-0.39, 0.29) is 12.4 Å². The van der Waals surface area contributed by atoms with E-state index in [1.165, 1.54) is 0 Å². The van der Waals surface area contributed by atoms with Gasteiger partial charge in [0.15, 0.2) is 0 Å². The van der Waals surface area contributed by atoms with E-state index in [1.54, 1.807) is 0 Å². The third kappa shape index (κ3) is 10.9. The van der Waals surface area contributed by atoms with Crippen molar-refractivity contribution in [2.75, 3.05) is 0 Å². The van der Waals surface area contributed by atoms with Crippen LogP contribution in [0.3, 0.4) is 0 Å². The highest BCUT2D eigenvalue weighted by atomic mass is 35.5. The summed E-state index contributed by atoms with van der Waals surface area (Å²) in [4.78, 5) is 18.8. The first-order valence-corrected chi connectivity index (χ1v) is 1.50. The molecule has 0 radical (unpaired) electrons. The van der Waals surface area contributed by atoms with Crippen LogP contribution in [-0.2, 0) is 0 Å². The molecule has 6 nitrogen and oxygen atoms in total. The number of hydrogen-bond donors (Lipinski definition) is 2. The topological polar surface area (TPSA) is 99.3 Å². The maximum absolute atomic E-state index is 9.38. The van der Waals surface area contributed by atoms with E-state index in [2.05, 4.69) is 10.2 Å². The Labute approximate surface area is 55.6 Å². The van der Waals surface area contributed by atoms with Crippen LogP contribution < -0.4 is 0 Å². The summed E-state index contributed by atoms with van der Waals surface area (Å²) in [6.45, 7) is 0. The van der Waals surface area contributed by atoms with Gasteiger partial charge in [-0.2, -0.15) is 0 Å². The first-order valence-electron chi connectivity index (χ1n) is 1.50. The summed E-state index contributed by atoms with van der Waals surface area (Å²) in [5.74, 6) is 0. The van der Waals surface area contributed by atoms with E-state index < -0.39 is 12.2 Å². The van der Waals surface area contributed by atoms with Crippen molar-refractivity contribution >= 4 is 24.6 Å². The lowest BCUT2D eigenvalue weighted by Gasteiger charge is -1.72. The van der Waals surface area contributed by atoms with Crippen molar-refractivity contribution in [1.82, 2.24) is 0 Å². The molecule has 0 saturated carbocycles. The van der Waals surface area contributed by atoms with Crippen molar-refractivity contribution in [1.29, 1.82) is 0 Å². The number of halogens is 1. The van der Waals surface area contributed by atoms with Crippen LogP contribution in [-0.4, -0.2) is 22.4 Å². The van der Waals surface area contributed by atoms with E-state index in [0.717, 1.165) is 0 Å². The number of amides is 2. The molecule has 0 unspecified atom stereocenters. The lowest BCUT2D eigenvalue weighted by Crippen LogP contribution is -1.87. The molecule has 0 fully saturated rings. The molecule has 7 heteroatoms. The van der Waals surface area contributed by atoms with Crippen molar-refractivity contribution in [3.8, 4) is 0 Å². The van der Waals surface area contributed by atoms with Crippen molar-refractivity contribution in [3.63, 3.8) is 0 Å². The fraction of sp³-hybridized carbons (Fsp3) is 0. The SMILES string of the molecule is Cl.O=C(O)N=NC(=O)O. The van der Waals surface area contributed by atoms with Crippen LogP contribution in [0.4, 0.5) is 9.59 Å². The van der Waals surface area contributed by atoms with Gasteiger partial charge in [0.05, 0.1) is 0 Å². The van der Waals surface area contributed by atoms with Gasteiger partial charge < -0.3 is 10.2 Å². The molecule has 0 rings (SSSR count). The monoisotopic (exact) mass is 154 g/mol. The van der Waals surface area contributed by atoms with Crippen LogP contribution in [0.2, 0.25) is 0 Å². The molecule has 0 saturated heterocycles. The minimum atomic E-state index is -1.62. The Morgan fingerprint density at radius 1 is 1.00 bits per heavy atom. The standard InChI is InChI=1S/C2H2N2O4.ClH/c5-1(6)3-4-2(7)8;/h(H,5,6)(H,7,8);1H. The summed E-state index contributed by atoms with van der Waals surface area (Å²) in [6.07, 6.45) is -3.24. The van der Waals surface area contributed by atoms with Crippen LogP contribution in [0.1, 0.15) is 0 Å². The molecule has 0 spiro atoms. The third-order valence-corrected chi connectivity index (χ3v) is 0.221. The molecular weight excluding hydrogens is 151 g/mol. The summed E-state index contributed by atoms with van der Waals surface area (Å²) in [7, 11) is 0. The molecule has 0 atom stereocenters. The fourth-order valence-corrected chi connectivity index (χ4v) is 0.0855. The molecule has 2 N–H and O–H groups in total. The van der Waals surface area contributed by atoms with Crippen LogP contribution in [0.25, 0.3) is 0 Å². The highest BCUT2D eigenvalue weighted by Crippen LogP contribution is 1.76. The Balaban J connectivity index is 0. The van der Waals surface area contributed by atoms with Crippen molar-refractivity contribution < 1.29 is 19.8 Å². The minimum absolute atomic E-state index is 0. The molecule has 52 valence electrons. The zero-order chi connectivity index (χ0) is 6.57. The van der Waals surface area contributed by atoms with Gasteiger partial charge in [0.25, 0.3) is 0 Å². The van der Waals surface area contributed by atoms with Crippen LogP contribution in [0.5, 0.6) is 0 Å². The molecule has 0 aliphatic heterocycles. The lowest BCUT2D eigenvalue weighted by molar-refractivity contribution is 0.194. The highest BCUT2D eigenvalue weighted by molar-refractivity contribution is 5.85. The number of azo groups is 1. The van der Waals surface area contributed by atoms with E-state index >= 15 is 0 Å². The van der Waals surface area contributed by atoms with Crippen molar-refractivity contribution in [2.45, 2.75) is 0 Å². The molecule has 0 aromatic heterocycles. The number of nitrogens with zero attached hydrogens (tertiary/aromatic N) is 2. The average Bonchev–Trinajstić information content (AvgIpc) is 1.61. The average molecular weight is 155 g/mol. The van der Waals surface area contributed by atoms with Crippen LogP contribution in [0, 0.1) is 0 Å². The number of carboxylic acid groups (broad SMARTS) is 2. The molecule has 2 amide bonds.